The van der Waals surface area contributed by atoms with Crippen LogP contribution in [0.4, 0.5) is 0 Å². The molecule has 76 heavy (non-hydrogen) atoms. The Balaban J connectivity index is 1.35. The Hall–Kier alpha value is -7.81. The Kier molecular flexibility index (Phi) is 22.3. The first-order valence-electron chi connectivity index (χ1n) is 25.2. The summed E-state index contributed by atoms with van der Waals surface area (Å²) in [6.45, 7) is 6.51. The third-order valence-corrected chi connectivity index (χ3v) is 13.0. The lowest BCUT2D eigenvalue weighted by molar-refractivity contribution is -0.136. The van der Waals surface area contributed by atoms with Gasteiger partial charge in [0.1, 0.15) is 48.0 Å². The van der Waals surface area contributed by atoms with Crippen LogP contribution < -0.4 is 54.4 Å². The van der Waals surface area contributed by atoms with E-state index in [0.29, 0.717) is 29.0 Å². The number of halogens is 1. The van der Waals surface area contributed by atoms with Crippen LogP contribution in [0.1, 0.15) is 69.2 Å². The summed E-state index contributed by atoms with van der Waals surface area (Å²) < 4.78 is 0. The number of hydrogen-bond acceptors (Lipinski definition) is 11. The topological polar surface area (TPSA) is 335 Å². The van der Waals surface area contributed by atoms with Gasteiger partial charge in [-0.05, 0) is 105 Å². The van der Waals surface area contributed by atoms with Crippen LogP contribution in [-0.2, 0) is 64.0 Å². The second-order valence-corrected chi connectivity index (χ2v) is 19.6. The van der Waals surface area contributed by atoms with Gasteiger partial charge in [-0.25, -0.2) is 0 Å². The predicted molar refractivity (Wildman–Crippen MR) is 289 cm³/mol. The Morgan fingerprint density at radius 3 is 1.66 bits per heavy atom. The first kappa shape index (κ1) is 59.1. The number of carbonyl (C=O) groups excluding carboxylic acids is 8. The van der Waals surface area contributed by atoms with Crippen LogP contribution in [0, 0.1) is 5.92 Å². The molecule has 0 aliphatic rings. The van der Waals surface area contributed by atoms with Gasteiger partial charge in [-0.1, -0.05) is 98.2 Å². The molecule has 4 aromatic carbocycles. The van der Waals surface area contributed by atoms with E-state index in [1.807, 2.05) is 30.3 Å². The highest BCUT2D eigenvalue weighted by atomic mass is 35.5. The SMILES string of the molecule is CC(C)[C@H](NC(=O)[C@H](CCCCN)NC(=O)[C@@H](Cc1c[nH]c2ccccc12)NC(=O)[C@H](Cc1ccc(O)cc1)NC(=O)[C@H](C)NC(=O)[C@H](N)Cc1ccc(Cl)cc1)C(=O)N[C@@H](C)C(=O)N[C@H](Cc1ccccc1)C(N)=O. The average molecular weight is 1060 g/mol. The van der Waals surface area contributed by atoms with E-state index in [1.54, 1.807) is 80.7 Å². The number of hydrogen-bond donors (Lipinski definition) is 12. The van der Waals surface area contributed by atoms with Gasteiger partial charge in [-0.3, -0.25) is 38.4 Å². The van der Waals surface area contributed by atoms with Crippen LogP contribution in [0.3, 0.4) is 0 Å². The number of carbonyl (C=O) groups is 8. The molecule has 0 saturated heterocycles. The molecule has 406 valence electrons. The van der Waals surface area contributed by atoms with Gasteiger partial charge in [0.15, 0.2) is 0 Å². The van der Waals surface area contributed by atoms with E-state index in [2.05, 4.69) is 42.2 Å². The quantitative estimate of drug-likeness (QED) is 0.0321. The number of aromatic hydroxyl groups is 1. The molecule has 1 aromatic heterocycles. The maximum absolute atomic E-state index is 14.7. The van der Waals surface area contributed by atoms with Gasteiger partial charge in [0.2, 0.25) is 47.3 Å². The summed E-state index contributed by atoms with van der Waals surface area (Å²) in [7, 11) is 0. The van der Waals surface area contributed by atoms with Crippen molar-refractivity contribution in [3.8, 4) is 5.75 Å². The van der Waals surface area contributed by atoms with E-state index in [1.165, 1.54) is 26.0 Å². The van der Waals surface area contributed by atoms with Crippen LogP contribution in [0.5, 0.6) is 5.75 Å². The summed E-state index contributed by atoms with van der Waals surface area (Å²) in [5, 5.41) is 30.2. The zero-order valence-electron chi connectivity index (χ0n) is 43.1. The van der Waals surface area contributed by atoms with E-state index >= 15 is 0 Å². The highest BCUT2D eigenvalue weighted by Gasteiger charge is 2.35. The van der Waals surface area contributed by atoms with Crippen LogP contribution >= 0.6 is 11.6 Å². The zero-order chi connectivity index (χ0) is 55.5. The normalized spacial score (nSPS) is 14.4. The predicted octanol–water partition coefficient (Wildman–Crippen LogP) is 1.83. The molecule has 0 saturated carbocycles. The van der Waals surface area contributed by atoms with Crippen molar-refractivity contribution in [2.45, 2.75) is 121 Å². The van der Waals surface area contributed by atoms with Crippen molar-refractivity contribution >= 4 is 69.8 Å². The van der Waals surface area contributed by atoms with Crippen LogP contribution in [0.15, 0.2) is 109 Å². The Bertz CT molecular complexity index is 2780. The molecule has 0 bridgehead atoms. The number of aromatic nitrogens is 1. The second-order valence-electron chi connectivity index (χ2n) is 19.2. The highest BCUT2D eigenvalue weighted by Crippen LogP contribution is 2.20. The second kappa shape index (κ2) is 28.7. The molecule has 5 aromatic rings. The number of unbranched alkanes of at least 4 members (excludes halogenated alkanes) is 1. The van der Waals surface area contributed by atoms with Crippen molar-refractivity contribution in [3.05, 3.63) is 137 Å². The van der Waals surface area contributed by atoms with Crippen LogP contribution in [0.25, 0.3) is 10.9 Å². The number of para-hydroxylation sites is 1. The Morgan fingerprint density at radius 1 is 0.539 bits per heavy atom. The van der Waals surface area contributed by atoms with Crippen molar-refractivity contribution in [1.82, 2.24) is 42.2 Å². The monoisotopic (exact) mass is 1060 g/mol. The van der Waals surface area contributed by atoms with E-state index < -0.39 is 102 Å². The third-order valence-electron chi connectivity index (χ3n) is 12.7. The first-order chi connectivity index (χ1) is 36.2. The number of fused-ring (bicyclic) bond motifs is 1. The molecule has 0 aliphatic carbocycles. The van der Waals surface area contributed by atoms with Crippen molar-refractivity contribution in [2.24, 2.45) is 23.1 Å². The van der Waals surface area contributed by atoms with Gasteiger partial charge in [-0.2, -0.15) is 0 Å². The molecule has 20 nitrogen and oxygen atoms in total. The maximum atomic E-state index is 14.7. The fraction of sp³-hybridized carbons (Fsp3) is 0.382. The van der Waals surface area contributed by atoms with Gasteiger partial charge in [0, 0.05) is 41.4 Å². The van der Waals surface area contributed by atoms with E-state index in [4.69, 9.17) is 28.8 Å². The number of phenols is 1. The number of primary amides is 1. The molecule has 0 spiro atoms. The van der Waals surface area contributed by atoms with Gasteiger partial charge in [0.25, 0.3) is 0 Å². The number of H-pyrrole nitrogens is 1. The van der Waals surface area contributed by atoms with Crippen molar-refractivity contribution in [1.29, 1.82) is 0 Å². The molecule has 0 radical (unpaired) electrons. The largest absolute Gasteiger partial charge is 0.508 e. The smallest absolute Gasteiger partial charge is 0.243 e. The minimum atomic E-state index is -1.37. The molecule has 15 N–H and O–H groups in total. The van der Waals surface area contributed by atoms with Crippen molar-refractivity contribution in [2.75, 3.05) is 6.54 Å². The number of nitrogens with two attached hydrogens (primary N) is 3. The summed E-state index contributed by atoms with van der Waals surface area (Å²) in [4.78, 5) is 113. The fourth-order valence-electron chi connectivity index (χ4n) is 8.29. The van der Waals surface area contributed by atoms with Crippen molar-refractivity contribution in [3.63, 3.8) is 0 Å². The number of amides is 8. The minimum absolute atomic E-state index is 0.0345. The first-order valence-corrected chi connectivity index (χ1v) is 25.6. The Labute approximate surface area is 446 Å². The standard InChI is InChI=1S/C55H70ClN11O9/c1-31(2)47(55(76)62-33(4)49(70)64-44(48(59)69)27-34-12-6-5-7-13-34)67-52(73)43(16-10-11-25-57)63-54(75)46(29-37-30-60-42-15-9-8-14-40(37)42)66-53(74)45(28-36-19-23-39(68)24-20-36)65-50(71)32(3)61-51(72)41(58)26-35-17-21-38(56)22-18-35/h5-9,12-15,17-24,30-33,41,43-47,60,68H,10-11,16,25-29,57-58H2,1-4H3,(H2,59,69)(H,61,72)(H,62,76)(H,63,75)(H,64,70)(H,65,71)(H,66,74)(H,67,73)/t32-,33-,41+,43-,44+,45-,46+,47-/m0/s1. The number of aromatic amines is 1. The maximum Gasteiger partial charge on any atom is 0.243 e. The zero-order valence-corrected chi connectivity index (χ0v) is 43.8. The Morgan fingerprint density at radius 2 is 1.04 bits per heavy atom. The number of rotatable bonds is 28. The van der Waals surface area contributed by atoms with Gasteiger partial charge >= 0.3 is 0 Å². The van der Waals surface area contributed by atoms with Crippen LogP contribution in [-0.4, -0.2) is 112 Å². The molecular formula is C55H70ClN11O9. The fourth-order valence-corrected chi connectivity index (χ4v) is 8.42. The molecule has 8 atom stereocenters. The molecule has 8 amide bonds. The minimum Gasteiger partial charge on any atom is -0.508 e. The average Bonchev–Trinajstić information content (AvgIpc) is 3.80. The van der Waals surface area contributed by atoms with E-state index in [-0.39, 0.29) is 44.4 Å². The van der Waals surface area contributed by atoms with Crippen LogP contribution in [0.2, 0.25) is 5.02 Å². The van der Waals surface area contributed by atoms with E-state index in [0.717, 1.165) is 22.0 Å². The highest BCUT2D eigenvalue weighted by molar-refractivity contribution is 6.30. The van der Waals surface area contributed by atoms with Crippen molar-refractivity contribution < 1.29 is 43.5 Å². The summed E-state index contributed by atoms with van der Waals surface area (Å²) in [6.07, 6.45) is 2.73. The number of benzene rings is 4. The molecule has 0 fully saturated rings. The summed E-state index contributed by atoms with van der Waals surface area (Å²) in [6, 6.07) is 19.4. The summed E-state index contributed by atoms with van der Waals surface area (Å²) in [5.41, 5.74) is 21.1. The molecule has 0 unspecified atom stereocenters. The lowest BCUT2D eigenvalue weighted by atomic mass is 10.00. The molecule has 5 rings (SSSR count). The number of nitrogens with one attached hydrogen (secondary N) is 8. The van der Waals surface area contributed by atoms with Gasteiger partial charge in [-0.15, -0.1) is 0 Å². The van der Waals surface area contributed by atoms with Gasteiger partial charge in [0.05, 0.1) is 6.04 Å². The lowest BCUT2D eigenvalue weighted by Gasteiger charge is -2.28. The summed E-state index contributed by atoms with van der Waals surface area (Å²) >= 11 is 6.00. The lowest BCUT2D eigenvalue weighted by Crippen LogP contribution is -2.61. The number of phenolic OH excluding ortho intramolecular Hbond substituents is 1. The van der Waals surface area contributed by atoms with Gasteiger partial charge < -0.3 is 64.5 Å². The molecule has 1 heterocycles. The molecule has 21 heteroatoms. The summed E-state index contributed by atoms with van der Waals surface area (Å²) in [5.74, 6) is -6.37. The molecular weight excluding hydrogens is 994 g/mol. The molecule has 0 aliphatic heterocycles. The third kappa shape index (κ3) is 17.9. The van der Waals surface area contributed by atoms with E-state index in [9.17, 15) is 43.5 Å².